The Balaban J connectivity index is 1.37. The molecule has 0 N–H and O–H groups in total. The van der Waals surface area contributed by atoms with E-state index >= 15 is 0 Å². The van der Waals surface area contributed by atoms with E-state index in [1.165, 1.54) is 18.2 Å². The molecule has 0 aliphatic carbocycles. The molecular formula is C33H26O7. The van der Waals surface area contributed by atoms with Gasteiger partial charge in [0.25, 0.3) is 0 Å². The zero-order valence-electron chi connectivity index (χ0n) is 22.2. The van der Waals surface area contributed by atoms with Gasteiger partial charge in [0, 0.05) is 6.42 Å². The summed E-state index contributed by atoms with van der Waals surface area (Å²) in [5.41, 5.74) is 0.833. The Morgan fingerprint density at radius 1 is 0.550 bits per heavy atom. The molecule has 5 aromatic rings. The van der Waals surface area contributed by atoms with Gasteiger partial charge in [-0.3, -0.25) is 4.79 Å². The zero-order chi connectivity index (χ0) is 28.2. The molecule has 0 aliphatic heterocycles. The van der Waals surface area contributed by atoms with Crippen molar-refractivity contribution < 1.29 is 33.3 Å². The number of ketones is 1. The average molecular weight is 535 g/mol. The number of Topliss-reactive ketones (excluding diaryl/α,β-unsaturated/α-hetero) is 1. The Hall–Kier alpha value is -5.17. The number of rotatable bonds is 8. The monoisotopic (exact) mass is 534 g/mol. The topological polar surface area (TPSA) is 88.1 Å². The first-order valence-electron chi connectivity index (χ1n) is 12.7. The van der Waals surface area contributed by atoms with Crippen LogP contribution in [0.5, 0.6) is 23.0 Å². The highest BCUT2D eigenvalue weighted by Crippen LogP contribution is 2.29. The summed E-state index contributed by atoms with van der Waals surface area (Å²) in [5.74, 6) is 0.240. The van der Waals surface area contributed by atoms with Crippen LogP contribution < -0.4 is 18.9 Å². The van der Waals surface area contributed by atoms with E-state index in [0.717, 1.165) is 27.3 Å². The van der Waals surface area contributed by atoms with Gasteiger partial charge < -0.3 is 18.9 Å². The summed E-state index contributed by atoms with van der Waals surface area (Å²) in [6.45, 7) is 1.70. The highest BCUT2D eigenvalue weighted by molar-refractivity contribution is 6.02. The second-order valence-corrected chi connectivity index (χ2v) is 9.07. The van der Waals surface area contributed by atoms with Crippen molar-refractivity contribution in [3.05, 3.63) is 108 Å². The molecule has 5 rings (SSSR count). The Labute approximate surface area is 230 Å². The van der Waals surface area contributed by atoms with Crippen LogP contribution in [-0.4, -0.2) is 31.9 Å². The summed E-state index contributed by atoms with van der Waals surface area (Å²) < 4.78 is 21.7. The number of benzene rings is 5. The molecule has 0 amide bonds. The third kappa shape index (κ3) is 5.49. The summed E-state index contributed by atoms with van der Waals surface area (Å²) in [6, 6.07) is 25.8. The highest BCUT2D eigenvalue weighted by Gasteiger charge is 2.19. The van der Waals surface area contributed by atoms with Gasteiger partial charge in [0.15, 0.2) is 5.78 Å². The molecule has 0 unspecified atom stereocenters. The van der Waals surface area contributed by atoms with Gasteiger partial charge in [-0.1, -0.05) is 31.2 Å². The third-order valence-electron chi connectivity index (χ3n) is 6.55. The SMILES string of the molecule is CCC(=O)c1cc(OC(=O)c2ccc3cc(OC)ccc3c2)ccc1OC(=O)c1ccc2cc(OC)ccc2c1. The maximum absolute atomic E-state index is 13.0. The number of methoxy groups -OCH3 is 2. The van der Waals surface area contributed by atoms with Crippen LogP contribution in [-0.2, 0) is 0 Å². The van der Waals surface area contributed by atoms with Gasteiger partial charge >= 0.3 is 11.9 Å². The fraction of sp³-hybridized carbons (Fsp3) is 0.121. The van der Waals surface area contributed by atoms with E-state index in [1.807, 2.05) is 42.5 Å². The quantitative estimate of drug-likeness (QED) is 0.120. The summed E-state index contributed by atoms with van der Waals surface area (Å²) >= 11 is 0. The molecule has 0 radical (unpaired) electrons. The molecule has 5 aromatic carbocycles. The average Bonchev–Trinajstić information content (AvgIpc) is 3.00. The van der Waals surface area contributed by atoms with E-state index in [9.17, 15) is 14.4 Å². The largest absolute Gasteiger partial charge is 0.497 e. The minimum absolute atomic E-state index is 0.0890. The molecule has 0 aliphatic rings. The van der Waals surface area contributed by atoms with Crippen molar-refractivity contribution in [3.63, 3.8) is 0 Å². The van der Waals surface area contributed by atoms with Gasteiger partial charge in [-0.2, -0.15) is 0 Å². The van der Waals surface area contributed by atoms with E-state index in [0.29, 0.717) is 16.9 Å². The van der Waals surface area contributed by atoms with E-state index in [4.69, 9.17) is 18.9 Å². The van der Waals surface area contributed by atoms with Gasteiger partial charge in [-0.15, -0.1) is 0 Å². The Morgan fingerprint density at radius 2 is 1.02 bits per heavy atom. The summed E-state index contributed by atoms with van der Waals surface area (Å²) in [7, 11) is 3.19. The molecule has 0 bridgehead atoms. The van der Waals surface area contributed by atoms with Crippen molar-refractivity contribution in [1.82, 2.24) is 0 Å². The molecule has 0 saturated heterocycles. The molecule has 0 spiro atoms. The van der Waals surface area contributed by atoms with E-state index in [2.05, 4.69) is 0 Å². The number of carbonyl (C=O) groups is 3. The Kier molecular flexibility index (Phi) is 7.46. The molecule has 0 saturated carbocycles. The van der Waals surface area contributed by atoms with Crippen molar-refractivity contribution in [2.24, 2.45) is 0 Å². The molecule has 0 aromatic heterocycles. The second kappa shape index (κ2) is 11.3. The molecular weight excluding hydrogens is 508 g/mol. The van der Waals surface area contributed by atoms with Crippen LogP contribution in [0, 0.1) is 0 Å². The lowest BCUT2D eigenvalue weighted by Gasteiger charge is -2.12. The van der Waals surface area contributed by atoms with Crippen molar-refractivity contribution >= 4 is 39.3 Å². The molecule has 7 nitrogen and oxygen atoms in total. The van der Waals surface area contributed by atoms with E-state index in [1.54, 1.807) is 51.5 Å². The minimum atomic E-state index is -0.611. The summed E-state index contributed by atoms with van der Waals surface area (Å²) in [5, 5.41) is 3.53. The van der Waals surface area contributed by atoms with Crippen LogP contribution >= 0.6 is 0 Å². The third-order valence-corrected chi connectivity index (χ3v) is 6.55. The Bertz CT molecular complexity index is 1770. The van der Waals surface area contributed by atoms with Gasteiger partial charge in [0.2, 0.25) is 0 Å². The lowest BCUT2D eigenvalue weighted by molar-refractivity contribution is 0.0716. The zero-order valence-corrected chi connectivity index (χ0v) is 22.2. The Morgan fingerprint density at radius 3 is 1.55 bits per heavy atom. The maximum Gasteiger partial charge on any atom is 0.343 e. The number of hydrogen-bond donors (Lipinski definition) is 0. The van der Waals surface area contributed by atoms with Gasteiger partial charge in [0.05, 0.1) is 30.9 Å². The number of carbonyl (C=O) groups excluding carboxylic acids is 3. The predicted octanol–water partition coefficient (Wildman–Crippen LogP) is 7.04. The molecule has 7 heteroatoms. The van der Waals surface area contributed by atoms with Crippen molar-refractivity contribution in [2.75, 3.05) is 14.2 Å². The molecule has 0 heterocycles. The molecule has 200 valence electrons. The van der Waals surface area contributed by atoms with Crippen LogP contribution in [0.25, 0.3) is 21.5 Å². The standard InChI is InChI=1S/C33H26O7/c1-4-30(34)29-19-28(39-32(35)24-7-5-22-17-26(37-2)11-9-20(22)15-24)13-14-31(29)40-33(36)25-8-6-23-18-27(38-3)12-10-21(23)16-25/h5-19H,4H2,1-3H3. The summed E-state index contributed by atoms with van der Waals surface area (Å²) in [4.78, 5) is 38.6. The molecule has 0 fully saturated rings. The fourth-order valence-corrected chi connectivity index (χ4v) is 4.35. The van der Waals surface area contributed by atoms with Crippen LogP contribution in [0.1, 0.15) is 44.4 Å². The predicted molar refractivity (Wildman–Crippen MR) is 152 cm³/mol. The van der Waals surface area contributed by atoms with E-state index < -0.39 is 11.9 Å². The fourth-order valence-electron chi connectivity index (χ4n) is 4.35. The normalized spacial score (nSPS) is 10.8. The maximum atomic E-state index is 13.0. The van der Waals surface area contributed by atoms with Crippen LogP contribution in [0.15, 0.2) is 91.0 Å². The van der Waals surface area contributed by atoms with Crippen LogP contribution in [0.3, 0.4) is 0 Å². The lowest BCUT2D eigenvalue weighted by Crippen LogP contribution is -2.13. The van der Waals surface area contributed by atoms with Crippen LogP contribution in [0.4, 0.5) is 0 Å². The first kappa shape index (κ1) is 26.4. The smallest absolute Gasteiger partial charge is 0.343 e. The molecule has 0 atom stereocenters. The number of hydrogen-bond acceptors (Lipinski definition) is 7. The van der Waals surface area contributed by atoms with Gasteiger partial charge in [0.1, 0.15) is 23.0 Å². The first-order chi connectivity index (χ1) is 19.4. The number of fused-ring (bicyclic) bond motifs is 2. The van der Waals surface area contributed by atoms with Gasteiger partial charge in [-0.25, -0.2) is 9.59 Å². The van der Waals surface area contributed by atoms with E-state index in [-0.39, 0.29) is 29.3 Å². The number of ether oxygens (including phenoxy) is 4. The minimum Gasteiger partial charge on any atom is -0.497 e. The summed E-state index contributed by atoms with van der Waals surface area (Å²) in [6.07, 6.45) is 0.174. The van der Waals surface area contributed by atoms with Crippen molar-refractivity contribution in [3.8, 4) is 23.0 Å². The first-order valence-corrected chi connectivity index (χ1v) is 12.7. The van der Waals surface area contributed by atoms with Crippen LogP contribution in [0.2, 0.25) is 0 Å². The highest BCUT2D eigenvalue weighted by atomic mass is 16.5. The lowest BCUT2D eigenvalue weighted by atomic mass is 10.1. The number of esters is 2. The molecule has 40 heavy (non-hydrogen) atoms. The second-order valence-electron chi connectivity index (χ2n) is 9.07. The van der Waals surface area contributed by atoms with Crippen molar-refractivity contribution in [2.45, 2.75) is 13.3 Å². The van der Waals surface area contributed by atoms with Gasteiger partial charge in [-0.05, 0) is 88.3 Å². The van der Waals surface area contributed by atoms with Crippen molar-refractivity contribution in [1.29, 1.82) is 0 Å².